The molecule has 0 aliphatic rings. The minimum atomic E-state index is 0.459. The molecule has 4 nitrogen and oxygen atoms in total. The Morgan fingerprint density at radius 3 is 1.45 bits per heavy atom. The predicted molar refractivity (Wildman–Crippen MR) is 76.5 cm³/mol. The molecule has 0 radical (unpaired) electrons. The Balaban J connectivity index is 1.55. The summed E-state index contributed by atoms with van der Waals surface area (Å²) < 4.78 is 0. The van der Waals surface area contributed by atoms with Gasteiger partial charge < -0.3 is 0 Å². The lowest BCUT2D eigenvalue weighted by atomic mass is 10.2. The van der Waals surface area contributed by atoms with Crippen LogP contribution in [0, 0.1) is 12.1 Å². The summed E-state index contributed by atoms with van der Waals surface area (Å²) in [5.74, 6) is 0. The van der Waals surface area contributed by atoms with Crippen LogP contribution in [0.3, 0.4) is 0 Å². The van der Waals surface area contributed by atoms with Gasteiger partial charge in [-0.25, -0.2) is 11.0 Å². The smallest absolute Gasteiger partial charge is 0.100 e. The molecule has 0 saturated carbocycles. The summed E-state index contributed by atoms with van der Waals surface area (Å²) >= 11 is 0. The van der Waals surface area contributed by atoms with Gasteiger partial charge in [0.25, 0.3) is 0 Å². The van der Waals surface area contributed by atoms with Gasteiger partial charge >= 0.3 is 0 Å². The van der Waals surface area contributed by atoms with Gasteiger partial charge in [0.15, 0.2) is 0 Å². The Morgan fingerprint density at radius 2 is 1.05 bits per heavy atom. The van der Waals surface area contributed by atoms with Crippen molar-refractivity contribution in [1.82, 2.24) is 11.0 Å². The number of benzene rings is 2. The Bertz CT molecular complexity index is 497. The zero-order chi connectivity index (χ0) is 13.9. The summed E-state index contributed by atoms with van der Waals surface area (Å²) in [4.78, 5) is 10.3. The molecular formula is C16H16N2O2. The van der Waals surface area contributed by atoms with Crippen molar-refractivity contribution in [3.63, 3.8) is 0 Å². The van der Waals surface area contributed by atoms with E-state index in [1.54, 1.807) is 0 Å². The second kappa shape index (κ2) is 8.59. The quantitative estimate of drug-likeness (QED) is 0.365. The van der Waals surface area contributed by atoms with E-state index in [9.17, 15) is 0 Å². The van der Waals surface area contributed by atoms with Crippen LogP contribution in [0.2, 0.25) is 0 Å². The fraction of sp³-hybridized carbons (Fsp3) is 0.125. The summed E-state index contributed by atoms with van der Waals surface area (Å²) in [5.41, 5.74) is 7.22. The fourth-order valence-electron chi connectivity index (χ4n) is 1.51. The highest BCUT2D eigenvalue weighted by atomic mass is 16.6. The lowest BCUT2D eigenvalue weighted by molar-refractivity contribution is 0.0568. The molecule has 20 heavy (non-hydrogen) atoms. The summed E-state index contributed by atoms with van der Waals surface area (Å²) in [5, 5.41) is 0. The van der Waals surface area contributed by atoms with E-state index in [1.165, 1.54) is 0 Å². The van der Waals surface area contributed by atoms with Crippen molar-refractivity contribution < 1.29 is 9.68 Å². The zero-order valence-electron chi connectivity index (χ0n) is 11.0. The van der Waals surface area contributed by atoms with Crippen molar-refractivity contribution in [3.05, 3.63) is 71.8 Å². The van der Waals surface area contributed by atoms with Gasteiger partial charge in [-0.3, -0.25) is 9.68 Å². The van der Waals surface area contributed by atoms with Crippen molar-refractivity contribution in [3.8, 4) is 12.1 Å². The molecule has 0 aromatic heterocycles. The topological polar surface area (TPSA) is 42.5 Å². The van der Waals surface area contributed by atoms with E-state index in [0.717, 1.165) is 11.1 Å². The molecule has 0 spiro atoms. The molecule has 2 aromatic rings. The molecule has 0 saturated heterocycles. The molecule has 0 amide bonds. The van der Waals surface area contributed by atoms with Crippen LogP contribution in [0.15, 0.2) is 60.7 Å². The van der Waals surface area contributed by atoms with Gasteiger partial charge in [0.05, 0.1) is 12.1 Å². The molecular weight excluding hydrogens is 252 g/mol. The van der Waals surface area contributed by atoms with E-state index in [-0.39, 0.29) is 0 Å². The van der Waals surface area contributed by atoms with Gasteiger partial charge in [0, 0.05) is 0 Å². The summed E-state index contributed by atoms with van der Waals surface area (Å²) in [6.07, 6.45) is 0. The maximum atomic E-state index is 5.17. The van der Waals surface area contributed by atoms with Crippen molar-refractivity contribution in [2.45, 2.75) is 13.2 Å². The Hall–Kier alpha value is -2.48. The van der Waals surface area contributed by atoms with Crippen LogP contribution in [0.25, 0.3) is 0 Å². The number of nitrogens with one attached hydrogen (secondary N) is 2. The van der Waals surface area contributed by atoms with E-state index < -0.39 is 0 Å². The zero-order valence-corrected chi connectivity index (χ0v) is 11.0. The molecule has 2 rings (SSSR count). The van der Waals surface area contributed by atoms with Gasteiger partial charge in [0.2, 0.25) is 0 Å². The second-order valence-electron chi connectivity index (χ2n) is 4.00. The first-order valence-corrected chi connectivity index (χ1v) is 6.26. The highest BCUT2D eigenvalue weighted by Gasteiger charge is 1.89. The van der Waals surface area contributed by atoms with E-state index in [4.69, 9.17) is 9.68 Å². The normalized spacial score (nSPS) is 9.40. The molecule has 0 unspecified atom stereocenters. The molecule has 0 bridgehead atoms. The number of hydroxylamine groups is 2. The summed E-state index contributed by atoms with van der Waals surface area (Å²) in [6.45, 7) is 0.917. The predicted octanol–water partition coefficient (Wildman–Crippen LogP) is 2.35. The number of hydrogen-bond donors (Lipinski definition) is 2. The molecule has 102 valence electrons. The average molecular weight is 268 g/mol. The first-order valence-electron chi connectivity index (χ1n) is 6.26. The monoisotopic (exact) mass is 268 g/mol. The third-order valence-corrected chi connectivity index (χ3v) is 2.47. The van der Waals surface area contributed by atoms with Crippen LogP contribution < -0.4 is 11.0 Å². The summed E-state index contributed by atoms with van der Waals surface area (Å²) in [7, 11) is 0. The molecule has 2 aromatic carbocycles. The van der Waals surface area contributed by atoms with Gasteiger partial charge in [0.1, 0.15) is 13.2 Å². The third kappa shape index (κ3) is 5.44. The number of rotatable bonds is 6. The Labute approximate surface area is 118 Å². The average Bonchev–Trinajstić information content (AvgIpc) is 2.52. The van der Waals surface area contributed by atoms with E-state index in [1.807, 2.05) is 60.7 Å². The van der Waals surface area contributed by atoms with E-state index in [0.29, 0.717) is 13.2 Å². The van der Waals surface area contributed by atoms with Crippen LogP contribution in [0.1, 0.15) is 11.1 Å². The molecule has 0 heterocycles. The fourth-order valence-corrected chi connectivity index (χ4v) is 1.51. The Kier molecular flexibility index (Phi) is 5.99. The molecule has 4 heteroatoms. The maximum Gasteiger partial charge on any atom is 0.100 e. The van der Waals surface area contributed by atoms with Crippen molar-refractivity contribution in [2.24, 2.45) is 0 Å². The van der Waals surface area contributed by atoms with Crippen molar-refractivity contribution in [2.75, 3.05) is 0 Å². The first-order chi connectivity index (χ1) is 9.95. The largest absolute Gasteiger partial charge is 0.264 e. The van der Waals surface area contributed by atoms with Gasteiger partial charge in [-0.1, -0.05) is 60.7 Å². The van der Waals surface area contributed by atoms with Crippen LogP contribution in [-0.2, 0) is 22.9 Å². The van der Waals surface area contributed by atoms with Crippen LogP contribution >= 0.6 is 0 Å². The Morgan fingerprint density at radius 1 is 0.650 bits per heavy atom. The van der Waals surface area contributed by atoms with E-state index >= 15 is 0 Å². The van der Waals surface area contributed by atoms with Gasteiger partial charge in [-0.05, 0) is 11.1 Å². The first kappa shape index (κ1) is 13.9. The number of hydrogen-bond acceptors (Lipinski definition) is 4. The second-order valence-corrected chi connectivity index (χ2v) is 4.00. The minimum Gasteiger partial charge on any atom is -0.264 e. The van der Waals surface area contributed by atoms with Gasteiger partial charge in [-0.15, -0.1) is 0 Å². The molecule has 0 aliphatic carbocycles. The molecule has 2 N–H and O–H groups in total. The van der Waals surface area contributed by atoms with Crippen LogP contribution in [0.5, 0.6) is 0 Å². The SMILES string of the molecule is C(#CNOCc1ccccc1)NOCc1ccccc1. The van der Waals surface area contributed by atoms with Crippen molar-refractivity contribution >= 4 is 0 Å². The molecule has 0 fully saturated rings. The highest BCUT2D eigenvalue weighted by Crippen LogP contribution is 1.99. The van der Waals surface area contributed by atoms with E-state index in [2.05, 4.69) is 23.0 Å². The molecule has 0 aliphatic heterocycles. The highest BCUT2D eigenvalue weighted by molar-refractivity contribution is 5.14. The van der Waals surface area contributed by atoms with Crippen LogP contribution in [0.4, 0.5) is 0 Å². The molecule has 0 atom stereocenters. The van der Waals surface area contributed by atoms with Crippen LogP contribution in [-0.4, -0.2) is 0 Å². The third-order valence-electron chi connectivity index (χ3n) is 2.47. The lowest BCUT2D eigenvalue weighted by Gasteiger charge is -2.01. The minimum absolute atomic E-state index is 0.459. The summed E-state index contributed by atoms with van der Waals surface area (Å²) in [6, 6.07) is 24.9. The lowest BCUT2D eigenvalue weighted by Crippen LogP contribution is -2.11. The standard InChI is InChI=1S/C16H16N2O2/c1-3-7-15(8-4-1)13-19-17-11-12-18-20-14-16-9-5-2-6-10-16/h1-10,17-18H,13-14H2. The maximum absolute atomic E-state index is 5.17. The van der Waals surface area contributed by atoms with Crippen molar-refractivity contribution in [1.29, 1.82) is 0 Å². The van der Waals surface area contributed by atoms with Gasteiger partial charge in [-0.2, -0.15) is 0 Å².